The van der Waals surface area contributed by atoms with Crippen molar-refractivity contribution in [2.45, 2.75) is 55.7 Å². The minimum absolute atomic E-state index is 0.903. The third-order valence-corrected chi connectivity index (χ3v) is 4.92. The van der Waals surface area contributed by atoms with Gasteiger partial charge in [0.1, 0.15) is 5.82 Å². The van der Waals surface area contributed by atoms with Gasteiger partial charge in [-0.25, -0.2) is 0 Å². The molecule has 1 aromatic heterocycles. The van der Waals surface area contributed by atoms with Crippen molar-refractivity contribution in [2.24, 2.45) is 0 Å². The molecule has 3 rings (SSSR count). The lowest BCUT2D eigenvalue weighted by Gasteiger charge is -2.10. The molecule has 1 aliphatic rings. The van der Waals surface area contributed by atoms with Crippen LogP contribution in [0.25, 0.3) is 0 Å². The fraction of sp³-hybridized carbons (Fsp3) is 0.500. The summed E-state index contributed by atoms with van der Waals surface area (Å²) in [4.78, 5) is 1.28. The van der Waals surface area contributed by atoms with Gasteiger partial charge in [-0.3, -0.25) is 0 Å². The van der Waals surface area contributed by atoms with Crippen molar-refractivity contribution in [1.29, 1.82) is 0 Å². The van der Waals surface area contributed by atoms with Gasteiger partial charge >= 0.3 is 0 Å². The van der Waals surface area contributed by atoms with Gasteiger partial charge in [-0.05, 0) is 42.8 Å². The van der Waals surface area contributed by atoms with E-state index < -0.39 is 0 Å². The Morgan fingerprint density at radius 3 is 3.00 bits per heavy atom. The molecule has 0 radical (unpaired) electrons. The maximum Gasteiger partial charge on any atom is 0.196 e. The first-order valence-electron chi connectivity index (χ1n) is 7.77. The molecule has 5 heteroatoms. The van der Waals surface area contributed by atoms with E-state index in [1.54, 1.807) is 11.8 Å². The average Bonchev–Trinajstić information content (AvgIpc) is 2.74. The van der Waals surface area contributed by atoms with Crippen LogP contribution < -0.4 is 5.32 Å². The Balaban J connectivity index is 1.82. The normalized spacial score (nSPS) is 14.7. The zero-order chi connectivity index (χ0) is 14.5. The van der Waals surface area contributed by atoms with Gasteiger partial charge in [0.2, 0.25) is 0 Å². The quantitative estimate of drug-likeness (QED) is 0.920. The highest BCUT2D eigenvalue weighted by Gasteiger charge is 2.16. The van der Waals surface area contributed by atoms with Crippen LogP contribution in [-0.2, 0) is 19.5 Å². The largest absolute Gasteiger partial charge is 0.313 e. The van der Waals surface area contributed by atoms with E-state index in [4.69, 9.17) is 0 Å². The molecular weight excluding hydrogens is 280 g/mol. The summed E-state index contributed by atoms with van der Waals surface area (Å²) in [5.74, 6) is 1.15. The lowest BCUT2D eigenvalue weighted by molar-refractivity contribution is 0.591. The van der Waals surface area contributed by atoms with Crippen LogP contribution in [0.3, 0.4) is 0 Å². The van der Waals surface area contributed by atoms with Gasteiger partial charge < -0.3 is 9.88 Å². The van der Waals surface area contributed by atoms with Gasteiger partial charge in [0, 0.05) is 24.4 Å². The van der Waals surface area contributed by atoms with Crippen LogP contribution in [0.4, 0.5) is 0 Å². The second-order valence-electron chi connectivity index (χ2n) is 5.35. The van der Waals surface area contributed by atoms with Crippen molar-refractivity contribution in [3.8, 4) is 0 Å². The number of benzene rings is 1. The third kappa shape index (κ3) is 3.47. The van der Waals surface area contributed by atoms with E-state index in [1.165, 1.54) is 29.7 Å². The molecule has 0 aliphatic carbocycles. The lowest BCUT2D eigenvalue weighted by Crippen LogP contribution is -2.12. The van der Waals surface area contributed by atoms with Crippen LogP contribution >= 0.6 is 11.8 Å². The smallest absolute Gasteiger partial charge is 0.196 e. The van der Waals surface area contributed by atoms with E-state index in [1.807, 2.05) is 0 Å². The summed E-state index contributed by atoms with van der Waals surface area (Å²) in [6.45, 7) is 5.08. The first-order valence-corrected chi connectivity index (χ1v) is 8.58. The Morgan fingerprint density at radius 2 is 2.10 bits per heavy atom. The molecule has 21 heavy (non-hydrogen) atoms. The molecule has 2 heterocycles. The highest BCUT2D eigenvalue weighted by Crippen LogP contribution is 2.31. The summed E-state index contributed by atoms with van der Waals surface area (Å²) in [6, 6.07) is 8.55. The lowest BCUT2D eigenvalue weighted by atomic mass is 10.2. The van der Waals surface area contributed by atoms with Crippen LogP contribution in [0.2, 0.25) is 0 Å². The Morgan fingerprint density at radius 1 is 1.19 bits per heavy atom. The molecule has 0 amide bonds. The van der Waals surface area contributed by atoms with E-state index in [-0.39, 0.29) is 0 Å². The van der Waals surface area contributed by atoms with Crippen LogP contribution in [0.5, 0.6) is 0 Å². The van der Waals surface area contributed by atoms with Crippen LogP contribution in [-0.4, -0.2) is 21.3 Å². The fourth-order valence-corrected chi connectivity index (χ4v) is 3.64. The van der Waals surface area contributed by atoms with Gasteiger partial charge in [-0.1, -0.05) is 31.5 Å². The Hall–Kier alpha value is -1.33. The summed E-state index contributed by atoms with van der Waals surface area (Å²) in [7, 11) is 0. The molecule has 4 nitrogen and oxygen atoms in total. The zero-order valence-electron chi connectivity index (χ0n) is 12.5. The summed E-state index contributed by atoms with van der Waals surface area (Å²) < 4.78 is 2.31. The van der Waals surface area contributed by atoms with E-state index in [0.717, 1.165) is 37.0 Å². The molecule has 0 unspecified atom stereocenters. The molecular formula is C16H22N4S. The predicted octanol–water partition coefficient (Wildman–Crippen LogP) is 3.27. The number of nitrogens with zero attached hydrogens (tertiary/aromatic N) is 3. The topological polar surface area (TPSA) is 42.7 Å². The molecule has 112 valence electrons. The highest BCUT2D eigenvalue weighted by atomic mass is 32.2. The molecule has 0 saturated heterocycles. The number of aryl methyl sites for hydroxylation is 1. The molecule has 0 atom stereocenters. The minimum atomic E-state index is 0.903. The van der Waals surface area contributed by atoms with Gasteiger partial charge in [0.15, 0.2) is 5.16 Å². The monoisotopic (exact) mass is 302 g/mol. The van der Waals surface area contributed by atoms with Crippen LogP contribution in [0, 0.1) is 0 Å². The maximum absolute atomic E-state index is 4.41. The number of nitrogens with one attached hydrogen (secondary N) is 1. The molecule has 1 N–H and O–H groups in total. The zero-order valence-corrected chi connectivity index (χ0v) is 13.3. The van der Waals surface area contributed by atoms with E-state index in [2.05, 4.69) is 51.3 Å². The van der Waals surface area contributed by atoms with Crippen molar-refractivity contribution in [2.75, 3.05) is 6.54 Å². The number of fused-ring (bicyclic) bond motifs is 1. The summed E-state index contributed by atoms with van der Waals surface area (Å²) in [5.41, 5.74) is 1.33. The van der Waals surface area contributed by atoms with E-state index in [9.17, 15) is 0 Å². The molecule has 1 aromatic carbocycles. The molecule has 0 spiro atoms. The highest BCUT2D eigenvalue weighted by molar-refractivity contribution is 7.99. The van der Waals surface area contributed by atoms with E-state index >= 15 is 0 Å². The number of rotatable bonds is 5. The SMILES string of the molecule is CCNCc1ccccc1Sc1nnc2n1CCCCC2. The first kappa shape index (κ1) is 14.6. The molecule has 0 bridgehead atoms. The molecule has 2 aromatic rings. The predicted molar refractivity (Wildman–Crippen MR) is 85.5 cm³/mol. The standard InChI is InChI=1S/C16H22N4S/c1-2-17-12-13-8-5-6-9-14(13)21-16-19-18-15-10-4-3-7-11-20(15)16/h5-6,8-9,17H,2-4,7,10-12H2,1H3. The molecule has 0 fully saturated rings. The minimum Gasteiger partial charge on any atom is -0.313 e. The average molecular weight is 302 g/mol. The summed E-state index contributed by atoms with van der Waals surface area (Å²) in [5, 5.41) is 13.2. The van der Waals surface area contributed by atoms with E-state index in [0.29, 0.717) is 0 Å². The molecule has 0 saturated carbocycles. The van der Waals surface area contributed by atoms with Crippen LogP contribution in [0.15, 0.2) is 34.3 Å². The summed E-state index contributed by atoms with van der Waals surface area (Å²) in [6.07, 6.45) is 4.83. The van der Waals surface area contributed by atoms with Crippen molar-refractivity contribution in [1.82, 2.24) is 20.1 Å². The van der Waals surface area contributed by atoms with Crippen molar-refractivity contribution < 1.29 is 0 Å². The first-order chi connectivity index (χ1) is 10.4. The van der Waals surface area contributed by atoms with Crippen LogP contribution in [0.1, 0.15) is 37.6 Å². The van der Waals surface area contributed by atoms with Crippen molar-refractivity contribution >= 4 is 11.8 Å². The van der Waals surface area contributed by atoms with Gasteiger partial charge in [0.25, 0.3) is 0 Å². The number of aromatic nitrogens is 3. The Bertz CT molecular complexity index is 594. The third-order valence-electron chi connectivity index (χ3n) is 3.81. The molecule has 1 aliphatic heterocycles. The number of hydrogen-bond acceptors (Lipinski definition) is 4. The summed E-state index contributed by atoms with van der Waals surface area (Å²) >= 11 is 1.74. The van der Waals surface area contributed by atoms with Gasteiger partial charge in [-0.2, -0.15) is 0 Å². The van der Waals surface area contributed by atoms with Gasteiger partial charge in [0.05, 0.1) is 0 Å². The van der Waals surface area contributed by atoms with Crippen molar-refractivity contribution in [3.63, 3.8) is 0 Å². The second-order valence-corrected chi connectivity index (χ2v) is 6.36. The second kappa shape index (κ2) is 7.09. The maximum atomic E-state index is 4.41. The Kier molecular flexibility index (Phi) is 4.93. The van der Waals surface area contributed by atoms with Crippen molar-refractivity contribution in [3.05, 3.63) is 35.7 Å². The van der Waals surface area contributed by atoms with Gasteiger partial charge in [-0.15, -0.1) is 10.2 Å². The fourth-order valence-electron chi connectivity index (χ4n) is 2.64. The number of hydrogen-bond donors (Lipinski definition) is 1. The Labute approximate surface area is 130 Å².